The summed E-state index contributed by atoms with van der Waals surface area (Å²) >= 11 is 5.24. The zero-order chi connectivity index (χ0) is 18.5. The third kappa shape index (κ3) is 4.03. The highest BCUT2D eigenvalue weighted by Gasteiger charge is 2.30. The van der Waals surface area contributed by atoms with Crippen molar-refractivity contribution in [3.05, 3.63) is 77.0 Å². The lowest BCUT2D eigenvalue weighted by Gasteiger charge is -2.29. The van der Waals surface area contributed by atoms with Crippen molar-refractivity contribution in [2.75, 3.05) is 7.11 Å². The van der Waals surface area contributed by atoms with Crippen LogP contribution < -0.4 is 15.4 Å². The number of carbonyl (C=O) groups excluding carboxylic acids is 1. The molecule has 0 spiro atoms. The number of thiocarbonyl (C=S) groups is 1. The smallest absolute Gasteiger partial charge is 0.337 e. The number of carbonyl (C=O) groups is 1. The van der Waals surface area contributed by atoms with Gasteiger partial charge in [-0.1, -0.05) is 42.5 Å². The molecule has 0 saturated heterocycles. The predicted octanol–water partition coefficient (Wildman–Crippen LogP) is 3.23. The second-order valence-corrected chi connectivity index (χ2v) is 6.32. The molecule has 26 heavy (non-hydrogen) atoms. The first-order valence-corrected chi connectivity index (χ1v) is 8.62. The molecule has 1 atom stereocenters. The number of allylic oxidation sites excluding steroid dienone is 1. The zero-order valence-corrected chi connectivity index (χ0v) is 15.4. The zero-order valence-electron chi connectivity index (χ0n) is 14.6. The van der Waals surface area contributed by atoms with Gasteiger partial charge >= 0.3 is 5.97 Å². The van der Waals surface area contributed by atoms with E-state index in [4.69, 9.17) is 21.7 Å². The van der Waals surface area contributed by atoms with Gasteiger partial charge in [0.25, 0.3) is 0 Å². The van der Waals surface area contributed by atoms with Crippen LogP contribution in [0.15, 0.2) is 65.9 Å². The molecular weight excluding hydrogens is 348 g/mol. The van der Waals surface area contributed by atoms with Crippen LogP contribution in [0.25, 0.3) is 0 Å². The van der Waals surface area contributed by atoms with Crippen molar-refractivity contribution in [3.63, 3.8) is 0 Å². The molecule has 0 radical (unpaired) electrons. The van der Waals surface area contributed by atoms with Crippen molar-refractivity contribution in [3.8, 4) is 5.75 Å². The van der Waals surface area contributed by atoms with E-state index in [2.05, 4.69) is 10.6 Å². The van der Waals surface area contributed by atoms with Crippen molar-refractivity contribution in [2.24, 2.45) is 0 Å². The van der Waals surface area contributed by atoms with E-state index < -0.39 is 12.0 Å². The number of benzene rings is 2. The molecule has 1 unspecified atom stereocenters. The van der Waals surface area contributed by atoms with Crippen molar-refractivity contribution in [1.29, 1.82) is 0 Å². The number of nitrogens with one attached hydrogen (secondary N) is 2. The first-order valence-electron chi connectivity index (χ1n) is 8.22. The molecule has 2 N–H and O–H groups in total. The third-order valence-corrected chi connectivity index (χ3v) is 4.33. The minimum atomic E-state index is -0.398. The fourth-order valence-electron chi connectivity index (χ4n) is 2.85. The maximum absolute atomic E-state index is 12.2. The minimum Gasteiger partial charge on any atom is -0.489 e. The fraction of sp³-hybridized carbons (Fsp3) is 0.200. The molecule has 2 aromatic rings. The monoisotopic (exact) mass is 368 g/mol. The van der Waals surface area contributed by atoms with E-state index in [9.17, 15) is 4.79 Å². The summed E-state index contributed by atoms with van der Waals surface area (Å²) in [7, 11) is 1.37. The lowest BCUT2D eigenvalue weighted by molar-refractivity contribution is -0.136. The van der Waals surface area contributed by atoms with E-state index in [0.29, 0.717) is 23.0 Å². The van der Waals surface area contributed by atoms with E-state index in [1.165, 1.54) is 7.11 Å². The van der Waals surface area contributed by atoms with Gasteiger partial charge in [-0.15, -0.1) is 0 Å². The first kappa shape index (κ1) is 17.9. The second-order valence-electron chi connectivity index (χ2n) is 5.91. The van der Waals surface area contributed by atoms with Gasteiger partial charge in [0.05, 0.1) is 18.7 Å². The van der Waals surface area contributed by atoms with Crippen LogP contribution in [0.2, 0.25) is 0 Å². The van der Waals surface area contributed by atoms with Crippen LogP contribution in [0.4, 0.5) is 0 Å². The summed E-state index contributed by atoms with van der Waals surface area (Å²) in [5, 5.41) is 6.58. The maximum atomic E-state index is 12.2. The van der Waals surface area contributed by atoms with Gasteiger partial charge < -0.3 is 20.1 Å². The number of hydrogen-bond acceptors (Lipinski definition) is 4. The van der Waals surface area contributed by atoms with Crippen molar-refractivity contribution < 1.29 is 14.3 Å². The van der Waals surface area contributed by atoms with Gasteiger partial charge in [-0.05, 0) is 42.4 Å². The molecule has 1 aliphatic rings. The van der Waals surface area contributed by atoms with Crippen LogP contribution in [0.5, 0.6) is 5.75 Å². The first-order chi connectivity index (χ1) is 12.6. The predicted molar refractivity (Wildman–Crippen MR) is 104 cm³/mol. The Morgan fingerprint density at radius 3 is 2.65 bits per heavy atom. The summed E-state index contributed by atoms with van der Waals surface area (Å²) in [6, 6.07) is 17.2. The molecule has 5 nitrogen and oxygen atoms in total. The lowest BCUT2D eigenvalue weighted by atomic mass is 9.95. The number of methoxy groups -OCH3 is 1. The Balaban J connectivity index is 1.85. The standard InChI is InChI=1S/C20H20N2O3S/c1-13-17(19(23)24-2)18(22-20(26)21-13)15-9-6-10-16(11-15)25-12-14-7-4-3-5-8-14/h3-11,18H,12H2,1-2H3,(H2,21,22,26). The topological polar surface area (TPSA) is 59.6 Å². The Hall–Kier alpha value is -2.86. The highest BCUT2D eigenvalue weighted by Crippen LogP contribution is 2.29. The Morgan fingerprint density at radius 2 is 1.92 bits per heavy atom. The summed E-state index contributed by atoms with van der Waals surface area (Å²) in [6.07, 6.45) is 0. The Kier molecular flexibility index (Phi) is 5.53. The second kappa shape index (κ2) is 8.01. The van der Waals surface area contributed by atoms with Gasteiger partial charge in [0.15, 0.2) is 5.11 Å². The molecule has 1 heterocycles. The number of hydrogen-bond donors (Lipinski definition) is 2. The van der Waals surface area contributed by atoms with Crippen molar-refractivity contribution in [2.45, 2.75) is 19.6 Å². The molecule has 6 heteroatoms. The number of esters is 1. The summed E-state index contributed by atoms with van der Waals surface area (Å²) in [5.41, 5.74) is 3.15. The maximum Gasteiger partial charge on any atom is 0.337 e. The Morgan fingerprint density at radius 1 is 1.15 bits per heavy atom. The van der Waals surface area contributed by atoms with Crippen LogP contribution in [0.1, 0.15) is 24.1 Å². The van der Waals surface area contributed by atoms with Gasteiger partial charge in [0.1, 0.15) is 12.4 Å². The van der Waals surface area contributed by atoms with Crippen LogP contribution in [0.3, 0.4) is 0 Å². The SMILES string of the molecule is COC(=O)C1=C(C)NC(=S)NC1c1cccc(OCc2ccccc2)c1. The van der Waals surface area contributed by atoms with Crippen LogP contribution in [-0.4, -0.2) is 18.2 Å². The molecular formula is C20H20N2O3S. The molecule has 0 amide bonds. The summed E-state index contributed by atoms with van der Waals surface area (Å²) in [6.45, 7) is 2.28. The summed E-state index contributed by atoms with van der Waals surface area (Å²) < 4.78 is 10.8. The summed E-state index contributed by atoms with van der Waals surface area (Å²) in [5.74, 6) is 0.324. The van der Waals surface area contributed by atoms with Gasteiger partial charge in [-0.25, -0.2) is 4.79 Å². The van der Waals surface area contributed by atoms with E-state index in [1.54, 1.807) is 0 Å². The normalized spacial score (nSPS) is 16.5. The molecule has 3 rings (SSSR count). The quantitative estimate of drug-likeness (QED) is 0.624. The summed E-state index contributed by atoms with van der Waals surface area (Å²) in [4.78, 5) is 12.2. The van der Waals surface area contributed by atoms with Gasteiger partial charge in [-0.2, -0.15) is 0 Å². The third-order valence-electron chi connectivity index (χ3n) is 4.11. The van der Waals surface area contributed by atoms with Gasteiger partial charge in [-0.3, -0.25) is 0 Å². The highest BCUT2D eigenvalue weighted by molar-refractivity contribution is 7.80. The highest BCUT2D eigenvalue weighted by atomic mass is 32.1. The van der Waals surface area contributed by atoms with Crippen molar-refractivity contribution in [1.82, 2.24) is 10.6 Å². The van der Waals surface area contributed by atoms with Crippen LogP contribution >= 0.6 is 12.2 Å². The Labute approximate surface area is 158 Å². The molecule has 0 aliphatic carbocycles. The fourth-order valence-corrected chi connectivity index (χ4v) is 3.12. The van der Waals surface area contributed by atoms with Crippen LogP contribution in [0, 0.1) is 0 Å². The van der Waals surface area contributed by atoms with E-state index >= 15 is 0 Å². The minimum absolute atomic E-state index is 0.392. The molecule has 0 saturated carbocycles. The molecule has 134 valence electrons. The average molecular weight is 368 g/mol. The molecule has 0 bridgehead atoms. The molecule has 0 fully saturated rings. The molecule has 1 aliphatic heterocycles. The number of rotatable bonds is 5. The average Bonchev–Trinajstić information content (AvgIpc) is 2.66. The largest absolute Gasteiger partial charge is 0.489 e. The Bertz CT molecular complexity index is 849. The molecule has 2 aromatic carbocycles. The van der Waals surface area contributed by atoms with Gasteiger partial charge in [0.2, 0.25) is 0 Å². The van der Waals surface area contributed by atoms with Gasteiger partial charge in [0, 0.05) is 5.70 Å². The van der Waals surface area contributed by atoms with E-state index in [-0.39, 0.29) is 0 Å². The van der Waals surface area contributed by atoms with Crippen molar-refractivity contribution >= 4 is 23.3 Å². The lowest BCUT2D eigenvalue weighted by Crippen LogP contribution is -2.45. The van der Waals surface area contributed by atoms with E-state index in [1.807, 2.05) is 61.5 Å². The van der Waals surface area contributed by atoms with Crippen LogP contribution in [-0.2, 0) is 16.1 Å². The molecule has 0 aromatic heterocycles. The van der Waals surface area contributed by atoms with E-state index in [0.717, 1.165) is 16.9 Å². The number of ether oxygens (including phenoxy) is 2.